The van der Waals surface area contributed by atoms with Crippen LogP contribution < -0.4 is 10.6 Å². The van der Waals surface area contributed by atoms with Gasteiger partial charge in [-0.2, -0.15) is 0 Å². The fourth-order valence-corrected chi connectivity index (χ4v) is 3.71. The van der Waals surface area contributed by atoms with Crippen molar-refractivity contribution in [2.45, 2.75) is 33.1 Å². The van der Waals surface area contributed by atoms with Crippen LogP contribution in [0.4, 0.5) is 0 Å². The molecule has 0 radical (unpaired) electrons. The molecule has 0 unspecified atom stereocenters. The normalized spacial score (nSPS) is 11.4. The molecule has 0 fully saturated rings. The molecule has 152 valence electrons. The molecule has 3 rings (SSSR count). The van der Waals surface area contributed by atoms with Gasteiger partial charge in [0.25, 0.3) is 0 Å². The fourth-order valence-electron chi connectivity index (χ4n) is 2.93. The molecule has 1 heterocycles. The molecule has 0 saturated heterocycles. The molecule has 5 nitrogen and oxygen atoms in total. The van der Waals surface area contributed by atoms with Crippen molar-refractivity contribution in [3.8, 4) is 0 Å². The van der Waals surface area contributed by atoms with E-state index in [4.69, 9.17) is 4.74 Å². The number of nitrogens with zero attached hydrogens (tertiary/aromatic N) is 2. The summed E-state index contributed by atoms with van der Waals surface area (Å²) in [5.74, 6) is 0.790. The average molecular weight is 409 g/mol. The third-order valence-electron chi connectivity index (χ3n) is 4.46. The van der Waals surface area contributed by atoms with Crippen molar-refractivity contribution in [3.63, 3.8) is 0 Å². The van der Waals surface area contributed by atoms with Crippen LogP contribution in [0.15, 0.2) is 65.8 Å². The maximum absolute atomic E-state index is 5.92. The Kier molecular flexibility index (Phi) is 8.22. The molecule has 0 saturated carbocycles. The Balaban J connectivity index is 1.46. The molecular formula is C23H28N4OS. The Bertz CT molecular complexity index is 908. The predicted molar refractivity (Wildman–Crippen MR) is 120 cm³/mol. The van der Waals surface area contributed by atoms with Crippen molar-refractivity contribution < 1.29 is 4.74 Å². The lowest BCUT2D eigenvalue weighted by Gasteiger charge is -2.14. The van der Waals surface area contributed by atoms with E-state index in [-0.39, 0.29) is 0 Å². The van der Waals surface area contributed by atoms with E-state index in [0.717, 1.165) is 23.9 Å². The Morgan fingerprint density at radius 1 is 1.00 bits per heavy atom. The zero-order valence-corrected chi connectivity index (χ0v) is 17.8. The Labute approximate surface area is 176 Å². The first-order valence-electron chi connectivity index (χ1n) is 9.79. The number of thiazole rings is 1. The topological polar surface area (TPSA) is 58.5 Å². The number of nitrogens with one attached hydrogen (secondary N) is 2. The summed E-state index contributed by atoms with van der Waals surface area (Å²) in [5.41, 5.74) is 3.58. The van der Waals surface area contributed by atoms with Gasteiger partial charge >= 0.3 is 0 Å². The van der Waals surface area contributed by atoms with Gasteiger partial charge in [0.1, 0.15) is 0 Å². The number of rotatable bonds is 9. The van der Waals surface area contributed by atoms with Gasteiger partial charge in [0.15, 0.2) is 5.96 Å². The summed E-state index contributed by atoms with van der Waals surface area (Å²) in [4.78, 5) is 9.96. The van der Waals surface area contributed by atoms with E-state index in [1.54, 1.807) is 18.4 Å². The third kappa shape index (κ3) is 7.00. The average Bonchev–Trinajstić information content (AvgIpc) is 3.17. The van der Waals surface area contributed by atoms with Crippen molar-refractivity contribution in [2.75, 3.05) is 13.6 Å². The minimum atomic E-state index is 0.585. The largest absolute Gasteiger partial charge is 0.372 e. The molecule has 0 aliphatic heterocycles. The summed E-state index contributed by atoms with van der Waals surface area (Å²) in [6.45, 7) is 4.77. The lowest BCUT2D eigenvalue weighted by molar-refractivity contribution is 0.106. The maximum Gasteiger partial charge on any atom is 0.191 e. The van der Waals surface area contributed by atoms with Gasteiger partial charge in [-0.05, 0) is 23.6 Å². The van der Waals surface area contributed by atoms with E-state index in [1.165, 1.54) is 21.6 Å². The number of ether oxygens (including phenoxy) is 1. The van der Waals surface area contributed by atoms with Gasteiger partial charge in [0.2, 0.25) is 0 Å². The van der Waals surface area contributed by atoms with Gasteiger partial charge in [-0.3, -0.25) is 4.99 Å². The second-order valence-electron chi connectivity index (χ2n) is 6.71. The Morgan fingerprint density at radius 3 is 2.48 bits per heavy atom. The number of hydrogen-bond donors (Lipinski definition) is 2. The van der Waals surface area contributed by atoms with Crippen molar-refractivity contribution in [1.82, 2.24) is 15.6 Å². The van der Waals surface area contributed by atoms with Crippen molar-refractivity contribution in [3.05, 3.63) is 87.4 Å². The van der Waals surface area contributed by atoms with Crippen molar-refractivity contribution >= 4 is 17.3 Å². The highest BCUT2D eigenvalue weighted by Gasteiger charge is 2.05. The number of hydrogen-bond acceptors (Lipinski definition) is 4. The third-order valence-corrected chi connectivity index (χ3v) is 5.43. The van der Waals surface area contributed by atoms with Gasteiger partial charge in [0.05, 0.1) is 18.2 Å². The number of aryl methyl sites for hydroxylation is 1. The molecule has 3 aromatic rings. The van der Waals surface area contributed by atoms with Crippen LogP contribution in [0.1, 0.15) is 26.6 Å². The smallest absolute Gasteiger partial charge is 0.191 e. The zero-order valence-electron chi connectivity index (χ0n) is 17.0. The van der Waals surface area contributed by atoms with E-state index >= 15 is 0 Å². The number of benzene rings is 2. The van der Waals surface area contributed by atoms with Gasteiger partial charge < -0.3 is 15.4 Å². The molecule has 0 aliphatic rings. The molecule has 0 atom stereocenters. The van der Waals surface area contributed by atoms with Crippen LogP contribution in [0.2, 0.25) is 0 Å². The minimum absolute atomic E-state index is 0.585. The molecule has 0 aliphatic carbocycles. The number of guanidine groups is 1. The highest BCUT2D eigenvalue weighted by atomic mass is 32.1. The van der Waals surface area contributed by atoms with Gasteiger partial charge in [0, 0.05) is 37.6 Å². The first kappa shape index (κ1) is 21.0. The van der Waals surface area contributed by atoms with Gasteiger partial charge in [-0.1, -0.05) is 54.6 Å². The van der Waals surface area contributed by atoms with E-state index in [0.29, 0.717) is 19.8 Å². The molecule has 6 heteroatoms. The molecule has 0 amide bonds. The van der Waals surface area contributed by atoms with Crippen LogP contribution in [0, 0.1) is 6.92 Å². The first-order chi connectivity index (χ1) is 14.2. The molecule has 0 spiro atoms. The molecule has 2 N–H and O–H groups in total. The quantitative estimate of drug-likeness (QED) is 0.414. The van der Waals surface area contributed by atoms with E-state index < -0.39 is 0 Å². The van der Waals surface area contributed by atoms with Crippen LogP contribution in [0.5, 0.6) is 0 Å². The van der Waals surface area contributed by atoms with Gasteiger partial charge in [-0.15, -0.1) is 11.3 Å². The number of aliphatic imine (C=N–C) groups is 1. The minimum Gasteiger partial charge on any atom is -0.372 e. The van der Waals surface area contributed by atoms with E-state index in [1.807, 2.05) is 30.5 Å². The highest BCUT2D eigenvalue weighted by Crippen LogP contribution is 2.12. The van der Waals surface area contributed by atoms with E-state index in [9.17, 15) is 0 Å². The molecule has 0 bridgehead atoms. The summed E-state index contributed by atoms with van der Waals surface area (Å²) in [6, 6.07) is 18.6. The first-order valence-corrected chi connectivity index (χ1v) is 10.6. The van der Waals surface area contributed by atoms with Crippen LogP contribution in [0.25, 0.3) is 0 Å². The summed E-state index contributed by atoms with van der Waals surface area (Å²) in [7, 11) is 1.79. The lowest BCUT2D eigenvalue weighted by Crippen LogP contribution is -2.38. The second kappa shape index (κ2) is 11.3. The zero-order chi connectivity index (χ0) is 20.3. The summed E-state index contributed by atoms with van der Waals surface area (Å²) in [6.07, 6.45) is 2.81. The monoisotopic (exact) mass is 408 g/mol. The van der Waals surface area contributed by atoms with Gasteiger partial charge in [-0.25, -0.2) is 4.98 Å². The van der Waals surface area contributed by atoms with Crippen LogP contribution in [-0.2, 0) is 30.9 Å². The molecular weight excluding hydrogens is 380 g/mol. The van der Waals surface area contributed by atoms with Crippen molar-refractivity contribution in [2.24, 2.45) is 4.99 Å². The maximum atomic E-state index is 5.92. The molecule has 1 aromatic heterocycles. The highest BCUT2D eigenvalue weighted by molar-refractivity contribution is 7.11. The summed E-state index contributed by atoms with van der Waals surface area (Å²) < 4.78 is 5.92. The second-order valence-corrected chi connectivity index (χ2v) is 8.03. The lowest BCUT2D eigenvalue weighted by atomic mass is 10.1. The predicted octanol–water partition coefficient (Wildman–Crippen LogP) is 4.08. The summed E-state index contributed by atoms with van der Waals surface area (Å²) in [5, 5.41) is 7.89. The van der Waals surface area contributed by atoms with Crippen LogP contribution >= 0.6 is 11.3 Å². The van der Waals surface area contributed by atoms with E-state index in [2.05, 4.69) is 57.9 Å². The number of aromatic nitrogens is 1. The Hall–Kier alpha value is -2.70. The summed E-state index contributed by atoms with van der Waals surface area (Å²) >= 11 is 1.74. The fraction of sp³-hybridized carbons (Fsp3) is 0.304. The SMILES string of the molecule is CN=C(NCCc1ncc(C)s1)NCc1ccccc1COCc1ccccc1. The molecule has 2 aromatic carbocycles. The molecule has 29 heavy (non-hydrogen) atoms. The van der Waals surface area contributed by atoms with Crippen molar-refractivity contribution in [1.29, 1.82) is 0 Å². The Morgan fingerprint density at radius 2 is 1.76 bits per heavy atom. The van der Waals surface area contributed by atoms with Crippen LogP contribution in [0.3, 0.4) is 0 Å². The standard InChI is InChI=1S/C23H28N4OS/c1-18-14-26-22(29-18)12-13-25-23(24-2)27-15-20-10-6-7-11-21(20)17-28-16-19-8-4-3-5-9-19/h3-11,14H,12-13,15-17H2,1-2H3,(H2,24,25,27). The van der Waals surface area contributed by atoms with Crippen LogP contribution in [-0.4, -0.2) is 24.5 Å².